The molecule has 0 radical (unpaired) electrons. The van der Waals surface area contributed by atoms with Crippen LogP contribution in [0.5, 0.6) is 0 Å². The summed E-state index contributed by atoms with van der Waals surface area (Å²) in [5.74, 6) is 0.602. The second kappa shape index (κ2) is 12.6. The Morgan fingerprint density at radius 2 is 1.69 bits per heavy atom. The Kier molecular flexibility index (Phi) is 9.37. The second-order valence-corrected chi connectivity index (χ2v) is 19.1. The van der Waals surface area contributed by atoms with E-state index in [2.05, 4.69) is 12.2 Å². The standard InChI is InChI=1S/C40H66N2O7/c1-35(23-43,15-10-24-14-19-42-32(41)20-24)38(4,47)34-33(49-34)37(3,46)31-13-18-40(48)28-22-30(45)29-21-26(44)11-17-39(29,25-8-6-5-7-9-25)27(28)12-16-36(31,40)2/h22,24-27,29,31-34,42-44,46-48H,5-21,23,41H2,1-4H3/p+1/t24?,26-,27+,29+,31-,32?,33+,34-,35-,36+,37+,38-,39-,40+/m0/s1. The lowest BCUT2D eigenvalue weighted by molar-refractivity contribution is -0.699. The number of ether oxygens (including phenoxy) is 1. The Labute approximate surface area is 293 Å². The van der Waals surface area contributed by atoms with E-state index >= 15 is 0 Å². The predicted octanol–water partition coefficient (Wildman–Crippen LogP) is 3.09. The highest BCUT2D eigenvalue weighted by atomic mass is 16.6. The molecule has 0 aromatic heterocycles. The molecule has 9 heteroatoms. The van der Waals surface area contributed by atoms with Crippen LogP contribution in [0.2, 0.25) is 0 Å². The zero-order valence-corrected chi connectivity index (χ0v) is 30.7. The number of aliphatic hydroxyl groups is 5. The number of hydrogen-bond acceptors (Lipinski definition) is 8. The molecule has 9 N–H and O–H groups in total. The molecule has 0 aromatic carbocycles. The van der Waals surface area contributed by atoms with Crippen LogP contribution in [0.3, 0.4) is 0 Å². The summed E-state index contributed by atoms with van der Waals surface area (Å²) >= 11 is 0. The van der Waals surface area contributed by atoms with Crippen LogP contribution in [0, 0.1) is 45.8 Å². The van der Waals surface area contributed by atoms with Gasteiger partial charge in [-0.05, 0) is 132 Å². The van der Waals surface area contributed by atoms with Crippen molar-refractivity contribution in [3.8, 4) is 0 Å². The molecule has 2 unspecified atom stereocenters. The fourth-order valence-electron chi connectivity index (χ4n) is 13.3. The van der Waals surface area contributed by atoms with Crippen molar-refractivity contribution in [3.05, 3.63) is 11.6 Å². The number of rotatable bonds is 9. The molecule has 5 aliphatic carbocycles. The minimum atomic E-state index is -1.38. The maximum Gasteiger partial charge on any atom is 0.159 e. The largest absolute Gasteiger partial charge is 0.396 e. The van der Waals surface area contributed by atoms with Gasteiger partial charge in [-0.1, -0.05) is 33.1 Å². The molecule has 14 atom stereocenters. The highest BCUT2D eigenvalue weighted by molar-refractivity contribution is 5.95. The normalized spacial score (nSPS) is 47.9. The number of carbonyl (C=O) groups excluding carboxylic acids is 1. The van der Waals surface area contributed by atoms with Gasteiger partial charge in [0.2, 0.25) is 0 Å². The molecule has 7 rings (SSSR count). The molecule has 7 aliphatic rings. The van der Waals surface area contributed by atoms with Crippen molar-refractivity contribution in [1.29, 1.82) is 0 Å². The van der Waals surface area contributed by atoms with Gasteiger partial charge in [0.25, 0.3) is 0 Å². The molecule has 9 nitrogen and oxygen atoms in total. The van der Waals surface area contributed by atoms with E-state index in [0.717, 1.165) is 69.9 Å². The van der Waals surface area contributed by atoms with Gasteiger partial charge in [0.15, 0.2) is 5.78 Å². The van der Waals surface area contributed by atoms with Gasteiger partial charge in [-0.25, -0.2) is 0 Å². The average molecular weight is 688 g/mol. The zero-order chi connectivity index (χ0) is 35.2. The van der Waals surface area contributed by atoms with Crippen molar-refractivity contribution < 1.29 is 40.4 Å². The fraction of sp³-hybridized carbons (Fsp3) is 0.925. The number of carbonyl (C=O) groups is 1. The summed E-state index contributed by atoms with van der Waals surface area (Å²) in [6, 6.07) is 0. The van der Waals surface area contributed by atoms with Gasteiger partial charge >= 0.3 is 0 Å². The van der Waals surface area contributed by atoms with Crippen molar-refractivity contribution in [2.45, 2.75) is 172 Å². The van der Waals surface area contributed by atoms with Crippen LogP contribution >= 0.6 is 0 Å². The Balaban J connectivity index is 1.13. The summed E-state index contributed by atoms with van der Waals surface area (Å²) in [5, 5.41) is 61.1. The minimum absolute atomic E-state index is 0.0849. The van der Waals surface area contributed by atoms with Gasteiger partial charge in [-0.3, -0.25) is 10.5 Å². The summed E-state index contributed by atoms with van der Waals surface area (Å²) < 4.78 is 6.26. The number of nitrogens with two attached hydrogens (primary N) is 2. The first-order valence-electron chi connectivity index (χ1n) is 20.0. The summed E-state index contributed by atoms with van der Waals surface area (Å²) in [5.41, 5.74) is 1.47. The van der Waals surface area contributed by atoms with Crippen molar-refractivity contribution in [2.75, 3.05) is 13.2 Å². The minimum Gasteiger partial charge on any atom is -0.396 e. The van der Waals surface area contributed by atoms with Gasteiger partial charge in [0.1, 0.15) is 18.4 Å². The topological polar surface area (TPSA) is 173 Å². The Morgan fingerprint density at radius 1 is 0.959 bits per heavy atom. The van der Waals surface area contributed by atoms with Crippen molar-refractivity contribution in [1.82, 2.24) is 0 Å². The first-order valence-corrected chi connectivity index (χ1v) is 20.0. The average Bonchev–Trinajstić information content (AvgIpc) is 3.85. The number of quaternary nitrogens is 1. The SMILES string of the molecule is C[C@](O)([C@@H]1O[C@@H]1[C@](C)(O)[C@](C)(CO)CCC1CC[NH2+]C(N)C1)[C@H]1CC[C@@]2(O)C3=CC(=O)[C@H]4C[C@@H](O)CC[C@]4(C4CCCCC4)[C@@H]3CC[C@]12C. The third-order valence-corrected chi connectivity index (χ3v) is 16.7. The van der Waals surface area contributed by atoms with Crippen LogP contribution in [0.15, 0.2) is 11.6 Å². The van der Waals surface area contributed by atoms with Crippen molar-refractivity contribution >= 4 is 5.78 Å². The lowest BCUT2D eigenvalue weighted by Crippen LogP contribution is -2.94. The summed E-state index contributed by atoms with van der Waals surface area (Å²) in [6.07, 6.45) is 14.3. The zero-order valence-electron chi connectivity index (χ0n) is 30.7. The Bertz CT molecular complexity index is 1300. The third kappa shape index (κ3) is 5.49. The highest BCUT2D eigenvalue weighted by Gasteiger charge is 2.73. The molecule has 0 amide bonds. The number of epoxide rings is 1. The molecule has 0 spiro atoms. The smallest absolute Gasteiger partial charge is 0.159 e. The maximum absolute atomic E-state index is 14.1. The molecule has 0 bridgehead atoms. The van der Waals surface area contributed by atoms with E-state index in [9.17, 15) is 30.3 Å². The van der Waals surface area contributed by atoms with E-state index in [1.165, 1.54) is 19.3 Å². The van der Waals surface area contributed by atoms with E-state index < -0.39 is 45.9 Å². The van der Waals surface area contributed by atoms with E-state index in [1.807, 2.05) is 13.8 Å². The molecule has 2 saturated heterocycles. The van der Waals surface area contributed by atoms with Crippen LogP contribution < -0.4 is 11.1 Å². The lowest BCUT2D eigenvalue weighted by Gasteiger charge is -2.63. The molecule has 4 saturated carbocycles. The molecule has 49 heavy (non-hydrogen) atoms. The first-order chi connectivity index (χ1) is 23.0. The molecule has 2 heterocycles. The van der Waals surface area contributed by atoms with Crippen LogP contribution in [0.4, 0.5) is 0 Å². The van der Waals surface area contributed by atoms with Crippen LogP contribution in [-0.2, 0) is 9.53 Å². The number of ketones is 1. The predicted molar refractivity (Wildman–Crippen MR) is 186 cm³/mol. The number of aliphatic hydroxyl groups excluding tert-OH is 2. The molecule has 0 aromatic rings. The van der Waals surface area contributed by atoms with Gasteiger partial charge in [0, 0.05) is 23.2 Å². The van der Waals surface area contributed by atoms with Crippen molar-refractivity contribution in [2.24, 2.45) is 51.6 Å². The fourth-order valence-corrected chi connectivity index (χ4v) is 13.3. The lowest BCUT2D eigenvalue weighted by atomic mass is 9.42. The van der Waals surface area contributed by atoms with Gasteiger partial charge in [0.05, 0.1) is 36.1 Å². The highest BCUT2D eigenvalue weighted by Crippen LogP contribution is 2.71. The van der Waals surface area contributed by atoms with Gasteiger partial charge < -0.3 is 35.6 Å². The molecule has 6 fully saturated rings. The van der Waals surface area contributed by atoms with Crippen molar-refractivity contribution in [3.63, 3.8) is 0 Å². The quantitative estimate of drug-likeness (QED) is 0.181. The number of fused-ring (bicyclic) bond motifs is 5. The number of piperidine rings is 1. The number of hydrogen-bond donors (Lipinski definition) is 7. The van der Waals surface area contributed by atoms with E-state index in [0.29, 0.717) is 37.5 Å². The molecular formula is C40H67N2O7+. The summed E-state index contributed by atoms with van der Waals surface area (Å²) in [4.78, 5) is 14.1. The second-order valence-electron chi connectivity index (χ2n) is 19.1. The Hall–Kier alpha value is -0.910. The first kappa shape index (κ1) is 36.4. The van der Waals surface area contributed by atoms with E-state index in [-0.39, 0.29) is 41.7 Å². The van der Waals surface area contributed by atoms with Crippen LogP contribution in [0.25, 0.3) is 0 Å². The van der Waals surface area contributed by atoms with E-state index in [4.69, 9.17) is 10.5 Å². The third-order valence-electron chi connectivity index (χ3n) is 16.7. The number of allylic oxidation sites excluding steroid dienone is 1. The van der Waals surface area contributed by atoms with Crippen LogP contribution in [0.1, 0.15) is 130 Å². The Morgan fingerprint density at radius 3 is 2.39 bits per heavy atom. The summed E-state index contributed by atoms with van der Waals surface area (Å²) in [6.45, 7) is 8.43. The summed E-state index contributed by atoms with van der Waals surface area (Å²) in [7, 11) is 0. The van der Waals surface area contributed by atoms with Gasteiger partial charge in [-0.15, -0.1) is 0 Å². The monoisotopic (exact) mass is 687 g/mol. The van der Waals surface area contributed by atoms with E-state index in [1.54, 1.807) is 13.0 Å². The van der Waals surface area contributed by atoms with Gasteiger partial charge in [-0.2, -0.15) is 0 Å². The molecule has 2 aliphatic heterocycles. The molecular weight excluding hydrogens is 620 g/mol. The maximum atomic E-state index is 14.1. The van der Waals surface area contributed by atoms with Crippen LogP contribution in [-0.4, -0.2) is 85.7 Å². The molecule has 278 valence electrons.